The Bertz CT molecular complexity index is 1110. The van der Waals surface area contributed by atoms with Crippen LogP contribution >= 0.6 is 0 Å². The first-order valence-corrected chi connectivity index (χ1v) is 9.76. The lowest BCUT2D eigenvalue weighted by Crippen LogP contribution is -2.36. The number of benzene rings is 1. The van der Waals surface area contributed by atoms with Crippen LogP contribution in [0.1, 0.15) is 23.0 Å². The maximum absolute atomic E-state index is 12.3. The van der Waals surface area contributed by atoms with Gasteiger partial charge in [0.2, 0.25) is 5.91 Å². The molecule has 3 rings (SSSR count). The van der Waals surface area contributed by atoms with Crippen LogP contribution in [-0.2, 0) is 9.53 Å². The quantitative estimate of drug-likeness (QED) is 0.227. The molecule has 2 amide bonds. The number of carbonyl (C=O) groups is 2. The predicted molar refractivity (Wildman–Crippen MR) is 110 cm³/mol. The van der Waals surface area contributed by atoms with Crippen molar-refractivity contribution in [2.45, 2.75) is 31.0 Å². The fraction of sp³-hybridized carbons (Fsp3) is 0.368. The average molecular weight is 463 g/mol. The van der Waals surface area contributed by atoms with Gasteiger partial charge in [0.1, 0.15) is 29.7 Å². The monoisotopic (exact) mass is 463 g/mol. The number of aromatic nitrogens is 2. The fourth-order valence-electron chi connectivity index (χ4n) is 3.20. The number of nitrogens with zero attached hydrogens (tertiary/aromatic N) is 3. The topological polar surface area (TPSA) is 206 Å². The number of rotatable bonds is 8. The van der Waals surface area contributed by atoms with E-state index in [0.717, 1.165) is 4.57 Å². The van der Waals surface area contributed by atoms with Crippen LogP contribution in [0.3, 0.4) is 0 Å². The van der Waals surface area contributed by atoms with Crippen molar-refractivity contribution in [3.63, 3.8) is 0 Å². The van der Waals surface area contributed by atoms with Gasteiger partial charge in [0, 0.05) is 25.2 Å². The molecule has 2 aromatic rings. The van der Waals surface area contributed by atoms with E-state index < -0.39 is 53.6 Å². The molecule has 0 aliphatic carbocycles. The second-order valence-electron chi connectivity index (χ2n) is 7.06. The third-order valence-electron chi connectivity index (χ3n) is 4.87. The highest BCUT2D eigenvalue weighted by Gasteiger charge is 2.43. The maximum Gasteiger partial charge on any atom is 0.351 e. The molecular formula is C19H21N5O9. The van der Waals surface area contributed by atoms with Crippen LogP contribution in [0.25, 0.3) is 0 Å². The Labute approximate surface area is 185 Å². The number of amides is 2. The number of nitro benzene ring substituents is 1. The highest BCUT2D eigenvalue weighted by atomic mass is 16.6. The van der Waals surface area contributed by atoms with E-state index in [-0.39, 0.29) is 30.0 Å². The first kappa shape index (κ1) is 23.9. The lowest BCUT2D eigenvalue weighted by molar-refractivity contribution is -0.385. The van der Waals surface area contributed by atoms with Crippen molar-refractivity contribution in [2.75, 3.05) is 18.5 Å². The minimum Gasteiger partial charge on any atom is -0.394 e. The predicted octanol–water partition coefficient (Wildman–Crippen LogP) is -1.48. The van der Waals surface area contributed by atoms with Crippen LogP contribution in [-0.4, -0.2) is 73.1 Å². The lowest BCUT2D eigenvalue weighted by atomic mass is 10.1. The summed E-state index contributed by atoms with van der Waals surface area (Å²) in [4.78, 5) is 50.5. The van der Waals surface area contributed by atoms with E-state index in [9.17, 15) is 34.7 Å². The summed E-state index contributed by atoms with van der Waals surface area (Å²) in [5.41, 5.74) is -1.39. The van der Waals surface area contributed by atoms with Crippen molar-refractivity contribution in [1.82, 2.24) is 14.9 Å². The van der Waals surface area contributed by atoms with E-state index in [2.05, 4.69) is 15.6 Å². The Kier molecular flexibility index (Phi) is 7.44. The van der Waals surface area contributed by atoms with Crippen LogP contribution in [0.15, 0.2) is 41.3 Å². The number of ether oxygens (including phenoxy) is 1. The minimum atomic E-state index is -1.47. The maximum atomic E-state index is 12.3. The van der Waals surface area contributed by atoms with Crippen molar-refractivity contribution in [3.8, 4) is 0 Å². The Hall–Kier alpha value is -3.72. The summed E-state index contributed by atoms with van der Waals surface area (Å²) in [5.74, 6) is -1.40. The second kappa shape index (κ2) is 10.3. The molecule has 1 aromatic heterocycles. The van der Waals surface area contributed by atoms with Gasteiger partial charge in [-0.25, -0.2) is 4.79 Å². The molecule has 33 heavy (non-hydrogen) atoms. The molecule has 0 unspecified atom stereocenters. The molecule has 1 aliphatic rings. The van der Waals surface area contributed by atoms with Crippen molar-refractivity contribution in [2.24, 2.45) is 0 Å². The molecule has 1 fully saturated rings. The van der Waals surface area contributed by atoms with E-state index in [1.807, 2.05) is 0 Å². The highest BCUT2D eigenvalue weighted by Crippen LogP contribution is 2.28. The molecule has 14 heteroatoms. The number of hydrogen-bond acceptors (Lipinski definition) is 10. The summed E-state index contributed by atoms with van der Waals surface area (Å²) < 4.78 is 6.17. The first-order valence-electron chi connectivity index (χ1n) is 9.76. The van der Waals surface area contributed by atoms with Gasteiger partial charge in [-0.1, -0.05) is 12.1 Å². The summed E-state index contributed by atoms with van der Waals surface area (Å²) >= 11 is 0. The highest BCUT2D eigenvalue weighted by molar-refractivity contribution is 5.98. The van der Waals surface area contributed by atoms with Crippen molar-refractivity contribution in [3.05, 3.63) is 62.7 Å². The summed E-state index contributed by atoms with van der Waals surface area (Å²) in [6.45, 7) is -0.685. The number of aliphatic hydroxyl groups is 3. The number of nitrogens with one attached hydrogen (secondary N) is 2. The van der Waals surface area contributed by atoms with Gasteiger partial charge in [0.25, 0.3) is 11.6 Å². The zero-order valence-corrected chi connectivity index (χ0v) is 17.0. The SMILES string of the molecule is O=C(CCNC(=O)c1ccccc1[N+](=O)[O-])Nc1ccn([C@@H]2O[C@H](CO)[C@@H](O)[C@@H]2O)c(=O)n1. The Morgan fingerprint density at radius 1 is 1.21 bits per heavy atom. The van der Waals surface area contributed by atoms with Gasteiger partial charge >= 0.3 is 5.69 Å². The van der Waals surface area contributed by atoms with Gasteiger partial charge < -0.3 is 30.7 Å². The zero-order chi connectivity index (χ0) is 24.1. The van der Waals surface area contributed by atoms with Gasteiger partial charge in [-0.15, -0.1) is 0 Å². The second-order valence-corrected chi connectivity index (χ2v) is 7.06. The Morgan fingerprint density at radius 3 is 2.58 bits per heavy atom. The van der Waals surface area contributed by atoms with Gasteiger partial charge in [-0.2, -0.15) is 4.98 Å². The van der Waals surface area contributed by atoms with E-state index in [4.69, 9.17) is 9.84 Å². The Morgan fingerprint density at radius 2 is 1.94 bits per heavy atom. The van der Waals surface area contributed by atoms with Gasteiger partial charge in [-0.05, 0) is 12.1 Å². The summed E-state index contributed by atoms with van der Waals surface area (Å²) in [5, 5.41) is 44.7. The summed E-state index contributed by atoms with van der Waals surface area (Å²) in [6, 6.07) is 6.65. The largest absolute Gasteiger partial charge is 0.394 e. The standard InChI is InChI=1S/C19H21N5O9/c25-9-12-15(27)16(28)18(33-12)23-8-6-13(22-19(23)30)21-14(26)5-7-20-17(29)10-3-1-2-4-11(10)24(31)32/h1-4,6,8,12,15-16,18,25,27-28H,5,7,9H2,(H,20,29)(H,21,22,26,30)/t12-,15-,16+,18-/m1/s1. The van der Waals surface area contributed by atoms with Crippen molar-refractivity contribution in [1.29, 1.82) is 0 Å². The molecule has 176 valence electrons. The Balaban J connectivity index is 1.55. The molecule has 0 bridgehead atoms. The molecule has 4 atom stereocenters. The molecule has 1 saturated heterocycles. The first-order chi connectivity index (χ1) is 15.7. The zero-order valence-electron chi connectivity index (χ0n) is 17.0. The molecule has 5 N–H and O–H groups in total. The van der Waals surface area contributed by atoms with Crippen LogP contribution in [0.4, 0.5) is 11.5 Å². The van der Waals surface area contributed by atoms with Crippen LogP contribution in [0.2, 0.25) is 0 Å². The molecule has 2 heterocycles. The van der Waals surface area contributed by atoms with E-state index in [1.165, 1.54) is 36.5 Å². The van der Waals surface area contributed by atoms with Crippen LogP contribution < -0.4 is 16.3 Å². The molecule has 14 nitrogen and oxygen atoms in total. The third-order valence-corrected chi connectivity index (χ3v) is 4.87. The molecule has 0 radical (unpaired) electrons. The molecular weight excluding hydrogens is 442 g/mol. The average Bonchev–Trinajstić information content (AvgIpc) is 3.07. The van der Waals surface area contributed by atoms with Crippen LogP contribution in [0, 0.1) is 10.1 Å². The normalized spacial score (nSPS) is 22.0. The van der Waals surface area contributed by atoms with Crippen molar-refractivity contribution >= 4 is 23.3 Å². The number of anilines is 1. The van der Waals surface area contributed by atoms with E-state index in [0.29, 0.717) is 0 Å². The van der Waals surface area contributed by atoms with Gasteiger partial charge in [0.05, 0.1) is 11.5 Å². The van der Waals surface area contributed by atoms with E-state index in [1.54, 1.807) is 0 Å². The number of para-hydroxylation sites is 1. The van der Waals surface area contributed by atoms with E-state index >= 15 is 0 Å². The summed E-state index contributed by atoms with van der Waals surface area (Å²) in [7, 11) is 0. The molecule has 0 saturated carbocycles. The number of carbonyl (C=O) groups excluding carboxylic acids is 2. The number of aliphatic hydroxyl groups excluding tert-OH is 3. The van der Waals surface area contributed by atoms with Gasteiger partial charge in [0.15, 0.2) is 6.23 Å². The van der Waals surface area contributed by atoms with Crippen molar-refractivity contribution < 1.29 is 34.6 Å². The fourth-order valence-corrected chi connectivity index (χ4v) is 3.20. The van der Waals surface area contributed by atoms with Crippen LogP contribution in [0.5, 0.6) is 0 Å². The smallest absolute Gasteiger partial charge is 0.351 e. The number of hydrogen-bond donors (Lipinski definition) is 5. The molecule has 0 spiro atoms. The summed E-state index contributed by atoms with van der Waals surface area (Å²) in [6.07, 6.45) is -4.19. The number of nitro groups is 1. The minimum absolute atomic E-state index is 0.0991. The molecule has 1 aromatic carbocycles. The molecule has 1 aliphatic heterocycles. The lowest BCUT2D eigenvalue weighted by Gasteiger charge is -2.17. The van der Waals surface area contributed by atoms with Gasteiger partial charge in [-0.3, -0.25) is 24.3 Å². The third kappa shape index (κ3) is 5.38.